The van der Waals surface area contributed by atoms with E-state index in [2.05, 4.69) is 41.6 Å². The van der Waals surface area contributed by atoms with E-state index in [0.29, 0.717) is 12.5 Å². The van der Waals surface area contributed by atoms with Crippen molar-refractivity contribution in [3.63, 3.8) is 0 Å². The third-order valence-corrected chi connectivity index (χ3v) is 4.98. The molecule has 0 atom stereocenters. The van der Waals surface area contributed by atoms with Gasteiger partial charge in [0.25, 0.3) is 0 Å². The van der Waals surface area contributed by atoms with Crippen LogP contribution in [0.2, 0.25) is 0 Å². The van der Waals surface area contributed by atoms with Gasteiger partial charge in [-0.05, 0) is 36.8 Å². The van der Waals surface area contributed by atoms with Gasteiger partial charge in [-0.1, -0.05) is 49.9 Å². The number of nitrogens with one attached hydrogen (secondary N) is 1. The smallest absolute Gasteiger partial charge is 0.243 e. The van der Waals surface area contributed by atoms with Crippen molar-refractivity contribution in [3.05, 3.63) is 66.1 Å². The Morgan fingerprint density at radius 3 is 2.81 bits per heavy atom. The maximum absolute atomic E-state index is 11.7. The lowest BCUT2D eigenvalue weighted by Gasteiger charge is -2.10. The SMILES string of the molecule is C/C=C/C(=O)NCc1ccccc1Sc1ccc2nnc(C(C)C)n2c1. The van der Waals surface area contributed by atoms with Gasteiger partial charge in [-0.3, -0.25) is 9.20 Å². The average molecular weight is 366 g/mol. The Hall–Kier alpha value is -2.60. The Morgan fingerprint density at radius 1 is 1.23 bits per heavy atom. The molecule has 0 bridgehead atoms. The normalized spacial score (nSPS) is 11.5. The molecule has 1 amide bonds. The minimum absolute atomic E-state index is 0.0835. The molecule has 0 aliphatic rings. The van der Waals surface area contributed by atoms with Crippen LogP contribution in [-0.2, 0) is 11.3 Å². The standard InChI is InChI=1S/C20H22N4OS/c1-4-7-19(25)21-12-15-8-5-6-9-17(15)26-16-10-11-18-22-23-20(14(2)3)24(18)13-16/h4-11,13-14H,12H2,1-3H3,(H,21,25)/b7-4+. The lowest BCUT2D eigenvalue weighted by atomic mass is 10.2. The quantitative estimate of drug-likeness (QED) is 0.664. The lowest BCUT2D eigenvalue weighted by molar-refractivity contribution is -0.116. The monoisotopic (exact) mass is 366 g/mol. The molecule has 3 rings (SSSR count). The van der Waals surface area contributed by atoms with E-state index in [1.165, 1.54) is 6.08 Å². The number of nitrogens with zero attached hydrogens (tertiary/aromatic N) is 3. The first-order valence-electron chi connectivity index (χ1n) is 8.59. The van der Waals surface area contributed by atoms with Crippen molar-refractivity contribution in [2.24, 2.45) is 0 Å². The summed E-state index contributed by atoms with van der Waals surface area (Å²) in [6.07, 6.45) is 5.34. The maximum atomic E-state index is 11.7. The second kappa shape index (κ2) is 8.19. The molecule has 0 fully saturated rings. The number of pyridine rings is 1. The van der Waals surface area contributed by atoms with E-state index in [4.69, 9.17) is 0 Å². The van der Waals surface area contributed by atoms with E-state index >= 15 is 0 Å². The molecule has 1 N–H and O–H groups in total. The van der Waals surface area contributed by atoms with E-state index in [-0.39, 0.29) is 5.91 Å². The van der Waals surface area contributed by atoms with E-state index in [1.54, 1.807) is 17.8 Å². The molecule has 0 unspecified atom stereocenters. The predicted octanol–water partition coefficient (Wildman–Crippen LogP) is 4.20. The van der Waals surface area contributed by atoms with Crippen LogP contribution in [-0.4, -0.2) is 20.5 Å². The van der Waals surface area contributed by atoms with Crippen LogP contribution in [0.4, 0.5) is 0 Å². The van der Waals surface area contributed by atoms with Crippen molar-refractivity contribution in [1.82, 2.24) is 19.9 Å². The average Bonchev–Trinajstić information content (AvgIpc) is 3.05. The van der Waals surface area contributed by atoms with Gasteiger partial charge in [0.05, 0.1) is 0 Å². The van der Waals surface area contributed by atoms with Crippen LogP contribution in [0.1, 0.15) is 38.1 Å². The zero-order chi connectivity index (χ0) is 18.5. The highest BCUT2D eigenvalue weighted by Gasteiger charge is 2.11. The number of rotatable bonds is 6. The molecule has 0 aliphatic carbocycles. The number of amides is 1. The van der Waals surface area contributed by atoms with Gasteiger partial charge >= 0.3 is 0 Å². The predicted molar refractivity (Wildman–Crippen MR) is 104 cm³/mol. The Morgan fingerprint density at radius 2 is 2.04 bits per heavy atom. The van der Waals surface area contributed by atoms with E-state index in [0.717, 1.165) is 26.8 Å². The van der Waals surface area contributed by atoms with Gasteiger partial charge in [-0.2, -0.15) is 0 Å². The minimum Gasteiger partial charge on any atom is -0.348 e. The Bertz CT molecular complexity index is 946. The number of aromatic nitrogens is 3. The van der Waals surface area contributed by atoms with Crippen LogP contribution in [0.5, 0.6) is 0 Å². The second-order valence-corrected chi connectivity index (χ2v) is 7.35. The van der Waals surface area contributed by atoms with E-state index in [1.807, 2.05) is 41.7 Å². The van der Waals surface area contributed by atoms with Crippen LogP contribution < -0.4 is 5.32 Å². The molecule has 0 saturated carbocycles. The summed E-state index contributed by atoms with van der Waals surface area (Å²) in [6, 6.07) is 12.1. The fraction of sp³-hybridized carbons (Fsp3) is 0.250. The summed E-state index contributed by atoms with van der Waals surface area (Å²) in [5.74, 6) is 1.17. The summed E-state index contributed by atoms with van der Waals surface area (Å²) in [5.41, 5.74) is 1.94. The van der Waals surface area contributed by atoms with Crippen molar-refractivity contribution in [3.8, 4) is 0 Å². The fourth-order valence-corrected chi connectivity index (χ4v) is 3.58. The summed E-state index contributed by atoms with van der Waals surface area (Å²) >= 11 is 1.67. The van der Waals surface area contributed by atoms with Crippen LogP contribution in [0.15, 0.2) is 64.5 Å². The van der Waals surface area contributed by atoms with Gasteiger partial charge in [0.2, 0.25) is 5.91 Å². The highest BCUT2D eigenvalue weighted by Crippen LogP contribution is 2.31. The summed E-state index contributed by atoms with van der Waals surface area (Å²) in [7, 11) is 0. The molecular formula is C20H22N4OS. The summed E-state index contributed by atoms with van der Waals surface area (Å²) < 4.78 is 2.05. The van der Waals surface area contributed by atoms with Gasteiger partial charge in [0.15, 0.2) is 5.65 Å². The van der Waals surface area contributed by atoms with Crippen LogP contribution >= 0.6 is 11.8 Å². The van der Waals surface area contributed by atoms with Crippen molar-refractivity contribution in [2.75, 3.05) is 0 Å². The van der Waals surface area contributed by atoms with Crippen LogP contribution in [0, 0.1) is 0 Å². The van der Waals surface area contributed by atoms with E-state index in [9.17, 15) is 4.79 Å². The molecule has 2 aromatic heterocycles. The Kier molecular flexibility index (Phi) is 5.73. The molecule has 5 nitrogen and oxygen atoms in total. The van der Waals surface area contributed by atoms with Gasteiger partial charge in [0, 0.05) is 28.5 Å². The molecule has 0 saturated heterocycles. The second-order valence-electron chi connectivity index (χ2n) is 6.23. The molecule has 3 aromatic rings. The van der Waals surface area contributed by atoms with Crippen molar-refractivity contribution < 1.29 is 4.79 Å². The highest BCUT2D eigenvalue weighted by molar-refractivity contribution is 7.99. The molecule has 0 radical (unpaired) electrons. The molecule has 1 aromatic carbocycles. The van der Waals surface area contributed by atoms with Crippen LogP contribution in [0.3, 0.4) is 0 Å². The minimum atomic E-state index is -0.0835. The highest BCUT2D eigenvalue weighted by atomic mass is 32.2. The number of benzene rings is 1. The molecule has 0 aliphatic heterocycles. The molecule has 2 heterocycles. The lowest BCUT2D eigenvalue weighted by Crippen LogP contribution is -2.20. The van der Waals surface area contributed by atoms with Gasteiger partial charge in [-0.15, -0.1) is 10.2 Å². The molecule has 0 spiro atoms. The van der Waals surface area contributed by atoms with Gasteiger partial charge in [0.1, 0.15) is 5.82 Å². The summed E-state index contributed by atoms with van der Waals surface area (Å²) in [6.45, 7) is 6.55. The zero-order valence-electron chi connectivity index (χ0n) is 15.1. The first kappa shape index (κ1) is 18.2. The Balaban J connectivity index is 1.83. The largest absolute Gasteiger partial charge is 0.348 e. The summed E-state index contributed by atoms with van der Waals surface area (Å²) in [5, 5.41) is 11.4. The molecular weight excluding hydrogens is 344 g/mol. The van der Waals surface area contributed by atoms with Crippen molar-refractivity contribution >= 4 is 23.3 Å². The number of carbonyl (C=O) groups is 1. The van der Waals surface area contributed by atoms with Gasteiger partial charge in [-0.25, -0.2) is 0 Å². The summed E-state index contributed by atoms with van der Waals surface area (Å²) in [4.78, 5) is 13.9. The number of carbonyl (C=O) groups excluding carboxylic acids is 1. The molecule has 134 valence electrons. The number of hydrogen-bond donors (Lipinski definition) is 1. The Labute approximate surface area is 157 Å². The number of hydrogen-bond acceptors (Lipinski definition) is 4. The fourth-order valence-electron chi connectivity index (χ4n) is 2.61. The topological polar surface area (TPSA) is 59.3 Å². The number of fused-ring (bicyclic) bond motifs is 1. The number of allylic oxidation sites excluding steroid dienone is 1. The van der Waals surface area contributed by atoms with E-state index < -0.39 is 0 Å². The molecule has 26 heavy (non-hydrogen) atoms. The maximum Gasteiger partial charge on any atom is 0.243 e. The third kappa shape index (κ3) is 4.14. The van der Waals surface area contributed by atoms with Crippen molar-refractivity contribution in [2.45, 2.75) is 43.0 Å². The van der Waals surface area contributed by atoms with Crippen LogP contribution in [0.25, 0.3) is 5.65 Å². The first-order chi connectivity index (χ1) is 12.6. The molecule has 6 heteroatoms. The zero-order valence-corrected chi connectivity index (χ0v) is 16.0. The first-order valence-corrected chi connectivity index (χ1v) is 9.41. The third-order valence-electron chi connectivity index (χ3n) is 3.89. The van der Waals surface area contributed by atoms with Crippen molar-refractivity contribution in [1.29, 1.82) is 0 Å². The van der Waals surface area contributed by atoms with Gasteiger partial charge < -0.3 is 5.32 Å².